The lowest BCUT2D eigenvalue weighted by atomic mass is 10.2. The Morgan fingerprint density at radius 3 is 2.56 bits per heavy atom. The number of hydrogen-bond acceptors (Lipinski definition) is 4. The highest BCUT2D eigenvalue weighted by Crippen LogP contribution is 2.22. The molecule has 0 aliphatic rings. The molecular formula is C11H14ClNO4S. The molecule has 1 atom stereocenters. The minimum atomic E-state index is -3.58. The highest BCUT2D eigenvalue weighted by molar-refractivity contribution is 7.89. The molecule has 0 aliphatic carbocycles. The van der Waals surface area contributed by atoms with E-state index in [0.717, 1.165) is 11.8 Å². The summed E-state index contributed by atoms with van der Waals surface area (Å²) in [5.74, 6) is -0.234. The topological polar surface area (TPSA) is 72.5 Å². The van der Waals surface area contributed by atoms with E-state index < -0.39 is 22.0 Å². The van der Waals surface area contributed by atoms with E-state index in [0.29, 0.717) is 10.8 Å². The predicted octanol–water partition coefficient (Wildman–Crippen LogP) is 1.49. The predicted molar refractivity (Wildman–Crippen MR) is 69.3 cm³/mol. The van der Waals surface area contributed by atoms with Crippen molar-refractivity contribution < 1.29 is 17.9 Å². The molecule has 0 heterocycles. The molecule has 7 heteroatoms. The van der Waals surface area contributed by atoms with Gasteiger partial charge in [-0.05, 0) is 37.6 Å². The van der Waals surface area contributed by atoms with Gasteiger partial charge in [-0.1, -0.05) is 11.6 Å². The van der Waals surface area contributed by atoms with E-state index in [1.165, 1.54) is 6.92 Å². The average molecular weight is 292 g/mol. The van der Waals surface area contributed by atoms with Crippen LogP contribution in [0.5, 0.6) is 5.75 Å². The number of sulfonamides is 1. The number of carbonyl (C=O) groups is 1. The zero-order valence-corrected chi connectivity index (χ0v) is 11.8. The second-order valence-electron chi connectivity index (χ2n) is 3.91. The zero-order valence-electron chi connectivity index (χ0n) is 10.2. The molecule has 0 saturated carbocycles. The number of carbonyl (C=O) groups excluding carboxylic acids is 1. The first-order chi connectivity index (χ1) is 8.19. The molecule has 18 heavy (non-hydrogen) atoms. The minimum absolute atomic E-state index is 0.482. The molecule has 0 aromatic heterocycles. The Labute approximate surface area is 111 Å². The molecule has 0 aliphatic heterocycles. The molecule has 1 unspecified atom stereocenters. The van der Waals surface area contributed by atoms with Crippen LogP contribution in [0.4, 0.5) is 0 Å². The van der Waals surface area contributed by atoms with Crippen LogP contribution in [0.3, 0.4) is 0 Å². The number of nitrogens with one attached hydrogen (secondary N) is 1. The standard InChI is InChI=1S/C11H14ClNO4S/c1-7-6-9(12)4-5-10(7)17-8(2)11(14)13-18(3,15)16/h4-6,8H,1-3H3,(H,13,14). The largest absolute Gasteiger partial charge is 0.481 e. The molecule has 1 N–H and O–H groups in total. The van der Waals surface area contributed by atoms with Crippen LogP contribution in [0.2, 0.25) is 5.02 Å². The molecule has 0 bridgehead atoms. The van der Waals surface area contributed by atoms with Crippen molar-refractivity contribution in [1.82, 2.24) is 4.72 Å². The summed E-state index contributed by atoms with van der Waals surface area (Å²) in [4.78, 5) is 11.5. The summed E-state index contributed by atoms with van der Waals surface area (Å²) >= 11 is 5.79. The van der Waals surface area contributed by atoms with Crippen molar-refractivity contribution in [3.8, 4) is 5.75 Å². The molecule has 1 amide bonds. The summed E-state index contributed by atoms with van der Waals surface area (Å²) in [6, 6.07) is 4.95. The van der Waals surface area contributed by atoms with E-state index in [2.05, 4.69) is 0 Å². The normalized spacial score (nSPS) is 12.9. The van der Waals surface area contributed by atoms with Gasteiger partial charge in [-0.25, -0.2) is 8.42 Å². The molecule has 0 spiro atoms. The van der Waals surface area contributed by atoms with Gasteiger partial charge in [-0.2, -0.15) is 0 Å². The van der Waals surface area contributed by atoms with Crippen LogP contribution in [-0.4, -0.2) is 26.7 Å². The van der Waals surface area contributed by atoms with E-state index in [-0.39, 0.29) is 0 Å². The van der Waals surface area contributed by atoms with E-state index >= 15 is 0 Å². The van der Waals surface area contributed by atoms with Gasteiger partial charge in [0.05, 0.1) is 6.26 Å². The molecule has 1 aromatic carbocycles. The number of amides is 1. The number of halogens is 1. The Morgan fingerprint density at radius 2 is 2.06 bits per heavy atom. The molecule has 1 aromatic rings. The van der Waals surface area contributed by atoms with Gasteiger partial charge in [-0.15, -0.1) is 0 Å². The summed E-state index contributed by atoms with van der Waals surface area (Å²) in [6.45, 7) is 3.25. The Balaban J connectivity index is 2.75. The van der Waals surface area contributed by atoms with Crippen molar-refractivity contribution in [3.05, 3.63) is 28.8 Å². The van der Waals surface area contributed by atoms with E-state index in [1.54, 1.807) is 25.1 Å². The Kier molecular flexibility index (Phi) is 4.59. The van der Waals surface area contributed by atoms with Crippen LogP contribution < -0.4 is 9.46 Å². The van der Waals surface area contributed by atoms with Gasteiger partial charge in [0.1, 0.15) is 5.75 Å². The molecule has 0 fully saturated rings. The average Bonchev–Trinajstić information content (AvgIpc) is 2.19. The molecule has 100 valence electrons. The molecule has 0 saturated heterocycles. The number of hydrogen-bond donors (Lipinski definition) is 1. The third-order valence-electron chi connectivity index (χ3n) is 2.10. The smallest absolute Gasteiger partial charge is 0.274 e. The third-order valence-corrected chi connectivity index (χ3v) is 2.90. The van der Waals surface area contributed by atoms with Crippen LogP contribution in [-0.2, 0) is 14.8 Å². The third kappa shape index (κ3) is 4.54. The lowest BCUT2D eigenvalue weighted by molar-refractivity contribution is -0.125. The van der Waals surface area contributed by atoms with Crippen LogP contribution in [0.25, 0.3) is 0 Å². The first-order valence-electron chi connectivity index (χ1n) is 5.13. The molecule has 1 rings (SSSR count). The summed E-state index contributed by atoms with van der Waals surface area (Å²) in [5, 5.41) is 0.563. The highest BCUT2D eigenvalue weighted by Gasteiger charge is 2.18. The first kappa shape index (κ1) is 14.8. The molecular weight excluding hydrogens is 278 g/mol. The maximum absolute atomic E-state index is 11.5. The van der Waals surface area contributed by atoms with Gasteiger partial charge in [0.25, 0.3) is 5.91 Å². The maximum Gasteiger partial charge on any atom is 0.274 e. The number of ether oxygens (including phenoxy) is 1. The fourth-order valence-electron chi connectivity index (χ4n) is 1.25. The number of aryl methyl sites for hydroxylation is 1. The SMILES string of the molecule is Cc1cc(Cl)ccc1OC(C)C(=O)NS(C)(=O)=O. The fourth-order valence-corrected chi connectivity index (χ4v) is 2.01. The minimum Gasteiger partial charge on any atom is -0.481 e. The highest BCUT2D eigenvalue weighted by atomic mass is 35.5. The van der Waals surface area contributed by atoms with Crippen LogP contribution in [0.1, 0.15) is 12.5 Å². The molecule has 0 radical (unpaired) electrons. The summed E-state index contributed by atoms with van der Waals surface area (Å²) < 4.78 is 29.0. The van der Waals surface area contributed by atoms with Gasteiger partial charge in [-0.3, -0.25) is 9.52 Å². The van der Waals surface area contributed by atoms with Gasteiger partial charge < -0.3 is 4.74 Å². The van der Waals surface area contributed by atoms with Gasteiger partial charge in [0.2, 0.25) is 10.0 Å². The van der Waals surface area contributed by atoms with Crippen LogP contribution >= 0.6 is 11.6 Å². The Hall–Kier alpha value is -1.27. The zero-order chi connectivity index (χ0) is 13.9. The van der Waals surface area contributed by atoms with Gasteiger partial charge in [0.15, 0.2) is 6.10 Å². The van der Waals surface area contributed by atoms with Crippen molar-refractivity contribution in [3.63, 3.8) is 0 Å². The number of rotatable bonds is 4. The fraction of sp³-hybridized carbons (Fsp3) is 0.364. The van der Waals surface area contributed by atoms with Crippen molar-refractivity contribution in [2.45, 2.75) is 20.0 Å². The Morgan fingerprint density at radius 1 is 1.44 bits per heavy atom. The monoisotopic (exact) mass is 291 g/mol. The van der Waals surface area contributed by atoms with E-state index in [4.69, 9.17) is 16.3 Å². The first-order valence-corrected chi connectivity index (χ1v) is 7.40. The second-order valence-corrected chi connectivity index (χ2v) is 6.09. The lowest BCUT2D eigenvalue weighted by Gasteiger charge is -2.15. The van der Waals surface area contributed by atoms with Crippen molar-refractivity contribution in [2.24, 2.45) is 0 Å². The van der Waals surface area contributed by atoms with Crippen molar-refractivity contribution in [1.29, 1.82) is 0 Å². The second kappa shape index (κ2) is 5.58. The number of benzene rings is 1. The van der Waals surface area contributed by atoms with Crippen molar-refractivity contribution in [2.75, 3.05) is 6.26 Å². The molecule has 5 nitrogen and oxygen atoms in total. The van der Waals surface area contributed by atoms with E-state index in [1.807, 2.05) is 4.72 Å². The van der Waals surface area contributed by atoms with Gasteiger partial charge >= 0.3 is 0 Å². The summed E-state index contributed by atoms with van der Waals surface area (Å²) in [6.07, 6.45) is -0.00914. The van der Waals surface area contributed by atoms with E-state index in [9.17, 15) is 13.2 Å². The Bertz CT molecular complexity index is 556. The summed E-state index contributed by atoms with van der Waals surface area (Å²) in [5.41, 5.74) is 0.765. The van der Waals surface area contributed by atoms with Crippen LogP contribution in [0, 0.1) is 6.92 Å². The quantitative estimate of drug-likeness (QED) is 0.912. The lowest BCUT2D eigenvalue weighted by Crippen LogP contribution is -2.39. The van der Waals surface area contributed by atoms with Crippen molar-refractivity contribution >= 4 is 27.5 Å². The maximum atomic E-state index is 11.5. The summed E-state index contributed by atoms with van der Waals surface area (Å²) in [7, 11) is -3.58. The van der Waals surface area contributed by atoms with Gasteiger partial charge in [0, 0.05) is 5.02 Å². The van der Waals surface area contributed by atoms with Crippen LogP contribution in [0.15, 0.2) is 18.2 Å².